The van der Waals surface area contributed by atoms with Crippen molar-refractivity contribution in [2.24, 2.45) is 0 Å². The third-order valence-corrected chi connectivity index (χ3v) is 2.65. The minimum absolute atomic E-state index is 0.0727. The van der Waals surface area contributed by atoms with Crippen LogP contribution in [0.2, 0.25) is 0 Å². The highest BCUT2D eigenvalue weighted by Crippen LogP contribution is 2.36. The first-order chi connectivity index (χ1) is 6.96. The van der Waals surface area contributed by atoms with Gasteiger partial charge in [0.15, 0.2) is 12.1 Å². The summed E-state index contributed by atoms with van der Waals surface area (Å²) < 4.78 is 39.7. The van der Waals surface area contributed by atoms with E-state index in [1.165, 1.54) is 0 Å². The molecule has 6 nitrogen and oxygen atoms in total. The van der Waals surface area contributed by atoms with E-state index in [0.717, 1.165) is 0 Å². The summed E-state index contributed by atoms with van der Waals surface area (Å²) in [6.45, 7) is 3.72. The van der Waals surface area contributed by atoms with E-state index in [-0.39, 0.29) is 25.1 Å². The maximum Gasteiger partial charge on any atom is 0.301 e. The quantitative estimate of drug-likeness (QED) is 0.718. The van der Waals surface area contributed by atoms with Crippen LogP contribution in [0, 0.1) is 0 Å². The summed E-state index contributed by atoms with van der Waals surface area (Å²) in [7, 11) is 0. The Morgan fingerprint density at radius 2 is 2.27 bits per heavy atom. The van der Waals surface area contributed by atoms with Crippen molar-refractivity contribution >= 4 is 11.4 Å². The molecular weight excluding hydrogens is 224 g/mol. The highest BCUT2D eigenvalue weighted by molar-refractivity contribution is 7.74. The Kier molecular flexibility index (Phi) is 3.11. The number of fused-ring (bicyclic) bond motifs is 1. The molecule has 0 amide bonds. The lowest BCUT2D eigenvalue weighted by Crippen LogP contribution is -2.26. The first-order valence-electron chi connectivity index (χ1n) is 4.71. The van der Waals surface area contributed by atoms with Crippen molar-refractivity contribution in [3.05, 3.63) is 0 Å². The Morgan fingerprint density at radius 3 is 2.87 bits per heavy atom. The fourth-order valence-electron chi connectivity index (χ4n) is 1.82. The minimum atomic E-state index is -2.24. The molecule has 15 heavy (non-hydrogen) atoms. The molecule has 1 unspecified atom stereocenters. The molecule has 0 aliphatic carbocycles. The Hall–Kier alpha value is -0.0500. The first-order valence-corrected chi connectivity index (χ1v) is 5.75. The molecular formula is C8H14O6S. The zero-order valence-electron chi connectivity index (χ0n) is 8.54. The topological polar surface area (TPSA) is 74.2 Å². The van der Waals surface area contributed by atoms with E-state index in [4.69, 9.17) is 18.8 Å². The summed E-state index contributed by atoms with van der Waals surface area (Å²) in [5, 5.41) is 0. The van der Waals surface area contributed by atoms with Gasteiger partial charge in [0.2, 0.25) is 0 Å². The van der Waals surface area contributed by atoms with Crippen LogP contribution in [-0.2, 0) is 29.8 Å². The van der Waals surface area contributed by atoms with Crippen molar-refractivity contribution in [3.63, 3.8) is 0 Å². The van der Waals surface area contributed by atoms with Gasteiger partial charge in [-0.2, -0.15) is 4.21 Å². The average molecular weight is 238 g/mol. The molecule has 0 bridgehead atoms. The zero-order valence-corrected chi connectivity index (χ0v) is 9.36. The predicted octanol–water partition coefficient (Wildman–Crippen LogP) is 0.406. The molecule has 2 fully saturated rings. The van der Waals surface area contributed by atoms with Crippen LogP contribution < -0.4 is 0 Å². The summed E-state index contributed by atoms with van der Waals surface area (Å²) in [5.41, 5.74) is 0. The number of ether oxygens (including phenoxy) is 3. The number of hydrogen-bond donors (Lipinski definition) is 1. The second-order valence-electron chi connectivity index (χ2n) is 4.04. The third kappa shape index (κ3) is 2.74. The maximum atomic E-state index is 10.3. The fraction of sp³-hybridized carbons (Fsp3) is 1.00. The van der Waals surface area contributed by atoms with E-state index in [1.54, 1.807) is 0 Å². The van der Waals surface area contributed by atoms with Crippen LogP contribution in [0.3, 0.4) is 0 Å². The number of hydrogen-bond acceptors (Lipinski definition) is 5. The fourth-order valence-corrected chi connectivity index (χ4v) is 2.09. The van der Waals surface area contributed by atoms with Gasteiger partial charge in [-0.15, -0.1) is 0 Å². The van der Waals surface area contributed by atoms with Gasteiger partial charge >= 0.3 is 11.4 Å². The molecule has 0 spiro atoms. The lowest BCUT2D eigenvalue weighted by Gasteiger charge is -2.19. The summed E-state index contributed by atoms with van der Waals surface area (Å²) in [6, 6.07) is 0. The molecule has 2 saturated heterocycles. The van der Waals surface area contributed by atoms with Crippen LogP contribution in [0.15, 0.2) is 0 Å². The van der Waals surface area contributed by atoms with Crippen molar-refractivity contribution in [2.45, 2.75) is 44.6 Å². The molecule has 2 aliphatic rings. The highest BCUT2D eigenvalue weighted by atomic mass is 32.2. The van der Waals surface area contributed by atoms with Gasteiger partial charge in [0.25, 0.3) is 0 Å². The lowest BCUT2D eigenvalue weighted by atomic mass is 10.2. The molecule has 0 saturated carbocycles. The molecule has 0 aromatic carbocycles. The largest absolute Gasteiger partial charge is 0.344 e. The highest BCUT2D eigenvalue weighted by Gasteiger charge is 2.48. The van der Waals surface area contributed by atoms with E-state index in [9.17, 15) is 4.21 Å². The standard InChI is InChI=1S/C8H14O6S/c1-8(2)13-6-3-5(4-11-15(9)10)12-7(6)14-8/h5-7H,3-4H2,1-2H3,(H,9,10)/t5-,6+,7+/m1/s1. The van der Waals surface area contributed by atoms with Gasteiger partial charge in [0, 0.05) is 6.42 Å². The van der Waals surface area contributed by atoms with Crippen LogP contribution in [0.5, 0.6) is 0 Å². The summed E-state index contributed by atoms with van der Waals surface area (Å²) in [4.78, 5) is 0. The van der Waals surface area contributed by atoms with Gasteiger partial charge < -0.3 is 14.2 Å². The molecule has 2 heterocycles. The van der Waals surface area contributed by atoms with Crippen LogP contribution >= 0.6 is 0 Å². The summed E-state index contributed by atoms with van der Waals surface area (Å²) >= 11 is -2.24. The molecule has 4 atom stereocenters. The molecule has 1 N–H and O–H groups in total. The molecule has 2 rings (SSSR count). The van der Waals surface area contributed by atoms with E-state index in [1.807, 2.05) is 13.8 Å². The van der Waals surface area contributed by atoms with E-state index in [2.05, 4.69) is 4.18 Å². The van der Waals surface area contributed by atoms with Crippen LogP contribution in [0.25, 0.3) is 0 Å². The van der Waals surface area contributed by atoms with Crippen molar-refractivity contribution < 1.29 is 27.2 Å². The Bertz CT molecular complexity index is 252. The Balaban J connectivity index is 1.81. The lowest BCUT2D eigenvalue weighted by molar-refractivity contribution is -0.206. The smallest absolute Gasteiger partial charge is 0.301 e. The van der Waals surface area contributed by atoms with E-state index in [0.29, 0.717) is 6.42 Å². The molecule has 7 heteroatoms. The predicted molar refractivity (Wildman–Crippen MR) is 50.0 cm³/mol. The first kappa shape index (κ1) is 11.4. The Labute approximate surface area is 90.3 Å². The molecule has 0 aromatic heterocycles. The van der Waals surface area contributed by atoms with E-state index >= 15 is 0 Å². The normalized spacial score (nSPS) is 40.3. The second kappa shape index (κ2) is 4.08. The van der Waals surface area contributed by atoms with Gasteiger partial charge in [-0.1, -0.05) is 0 Å². The monoisotopic (exact) mass is 238 g/mol. The van der Waals surface area contributed by atoms with Gasteiger partial charge in [-0.3, -0.25) is 8.74 Å². The molecule has 88 valence electrons. The maximum absolute atomic E-state index is 10.3. The Morgan fingerprint density at radius 1 is 1.53 bits per heavy atom. The third-order valence-electron chi connectivity index (χ3n) is 2.32. The average Bonchev–Trinajstić information content (AvgIpc) is 2.53. The SMILES string of the molecule is CC1(C)O[C@@H]2O[C@@H](COS(=O)O)C[C@@H]2O1. The molecule has 2 aliphatic heterocycles. The molecule has 0 radical (unpaired) electrons. The van der Waals surface area contributed by atoms with E-state index < -0.39 is 17.1 Å². The van der Waals surface area contributed by atoms with Crippen LogP contribution in [-0.4, -0.2) is 39.7 Å². The van der Waals surface area contributed by atoms with Crippen molar-refractivity contribution in [3.8, 4) is 0 Å². The minimum Gasteiger partial charge on any atom is -0.344 e. The van der Waals surface area contributed by atoms with Crippen LogP contribution in [0.4, 0.5) is 0 Å². The summed E-state index contributed by atoms with van der Waals surface area (Å²) in [6.07, 6.45) is -0.126. The van der Waals surface area contributed by atoms with Crippen LogP contribution in [0.1, 0.15) is 20.3 Å². The van der Waals surface area contributed by atoms with Gasteiger partial charge in [-0.05, 0) is 13.8 Å². The van der Waals surface area contributed by atoms with Gasteiger partial charge in [-0.25, -0.2) is 0 Å². The van der Waals surface area contributed by atoms with Crippen molar-refractivity contribution in [2.75, 3.05) is 6.61 Å². The number of rotatable bonds is 3. The summed E-state index contributed by atoms with van der Waals surface area (Å²) in [5.74, 6) is -0.610. The second-order valence-corrected chi connectivity index (χ2v) is 4.71. The van der Waals surface area contributed by atoms with Crippen molar-refractivity contribution in [1.82, 2.24) is 0 Å². The van der Waals surface area contributed by atoms with Gasteiger partial charge in [0.1, 0.15) is 6.10 Å². The van der Waals surface area contributed by atoms with Crippen molar-refractivity contribution in [1.29, 1.82) is 0 Å². The zero-order chi connectivity index (χ0) is 11.1. The molecule has 0 aromatic rings. The van der Waals surface area contributed by atoms with Gasteiger partial charge in [0.05, 0.1) is 12.7 Å².